The molecule has 0 atom stereocenters. The molecule has 1 fully saturated rings. The summed E-state index contributed by atoms with van der Waals surface area (Å²) in [7, 11) is 0. The van der Waals surface area contributed by atoms with E-state index in [2.05, 4.69) is 48.1 Å². The molecule has 3 aliphatic heterocycles. The third kappa shape index (κ3) is 3.68. The minimum atomic E-state index is -0.0695. The minimum absolute atomic E-state index is 0.0695. The minimum Gasteiger partial charge on any atom is -0.361 e. The summed E-state index contributed by atoms with van der Waals surface area (Å²) < 4.78 is 0. The second kappa shape index (κ2) is 7.89. The molecule has 1 aromatic heterocycles. The van der Waals surface area contributed by atoms with E-state index in [9.17, 15) is 4.79 Å². The van der Waals surface area contributed by atoms with Crippen molar-refractivity contribution in [3.05, 3.63) is 63.8 Å². The van der Waals surface area contributed by atoms with Crippen molar-refractivity contribution in [3.8, 4) is 0 Å². The molecule has 0 unspecified atom stereocenters. The van der Waals surface area contributed by atoms with Crippen LogP contribution in [-0.4, -0.2) is 42.0 Å². The van der Waals surface area contributed by atoms with Crippen LogP contribution >= 0.6 is 11.6 Å². The molecule has 172 valence electrons. The molecule has 4 heterocycles. The van der Waals surface area contributed by atoms with Crippen LogP contribution in [0.25, 0.3) is 10.9 Å². The van der Waals surface area contributed by atoms with Crippen molar-refractivity contribution in [2.75, 3.05) is 31.1 Å². The fourth-order valence-corrected chi connectivity index (χ4v) is 6.48. The lowest BCUT2D eigenvalue weighted by atomic mass is 9.76. The van der Waals surface area contributed by atoms with Crippen molar-refractivity contribution in [2.45, 2.75) is 57.3 Å². The lowest BCUT2D eigenvalue weighted by Gasteiger charge is -2.37. The molecule has 4 nitrogen and oxygen atoms in total. The normalized spacial score (nSPS) is 20.6. The number of H-pyrrole nitrogens is 1. The molecule has 2 aromatic carbocycles. The first kappa shape index (κ1) is 21.2. The van der Waals surface area contributed by atoms with Gasteiger partial charge in [-0.1, -0.05) is 43.6 Å². The van der Waals surface area contributed by atoms with E-state index in [4.69, 9.17) is 11.6 Å². The summed E-state index contributed by atoms with van der Waals surface area (Å²) in [4.78, 5) is 20.6. The average molecular weight is 462 g/mol. The highest BCUT2D eigenvalue weighted by Crippen LogP contribution is 2.45. The average Bonchev–Trinajstić information content (AvgIpc) is 3.40. The summed E-state index contributed by atoms with van der Waals surface area (Å²) in [6, 6.07) is 10.9. The number of hydrogen-bond acceptors (Lipinski definition) is 2. The van der Waals surface area contributed by atoms with Gasteiger partial charge < -0.3 is 14.8 Å². The maximum Gasteiger partial charge on any atom is 0.227 e. The van der Waals surface area contributed by atoms with Crippen molar-refractivity contribution in [3.63, 3.8) is 0 Å². The molecule has 1 saturated heterocycles. The van der Waals surface area contributed by atoms with Crippen molar-refractivity contribution in [1.82, 2.24) is 9.88 Å². The second-order valence-electron chi connectivity index (χ2n) is 10.8. The number of fused-ring (bicyclic) bond motifs is 1. The van der Waals surface area contributed by atoms with E-state index in [1.807, 2.05) is 17.0 Å². The summed E-state index contributed by atoms with van der Waals surface area (Å²) in [6.07, 6.45) is 7.30. The van der Waals surface area contributed by atoms with Gasteiger partial charge in [0.15, 0.2) is 0 Å². The topological polar surface area (TPSA) is 39.3 Å². The third-order valence-electron chi connectivity index (χ3n) is 8.17. The number of halogens is 1. The van der Waals surface area contributed by atoms with Crippen molar-refractivity contribution >= 4 is 34.1 Å². The maximum atomic E-state index is 12.6. The summed E-state index contributed by atoms with van der Waals surface area (Å²) in [5.41, 5.74) is 7.93. The van der Waals surface area contributed by atoms with Gasteiger partial charge in [-0.15, -0.1) is 0 Å². The Hall–Kier alpha value is -2.30. The lowest BCUT2D eigenvalue weighted by molar-refractivity contribution is -0.120. The van der Waals surface area contributed by atoms with Gasteiger partial charge >= 0.3 is 0 Å². The highest BCUT2D eigenvalue weighted by atomic mass is 35.5. The van der Waals surface area contributed by atoms with Crippen LogP contribution in [0.5, 0.6) is 0 Å². The van der Waals surface area contributed by atoms with Gasteiger partial charge in [0.1, 0.15) is 0 Å². The zero-order valence-corrected chi connectivity index (χ0v) is 20.3. The maximum absolute atomic E-state index is 12.6. The number of aromatic nitrogens is 1. The molecule has 0 aliphatic carbocycles. The Bertz CT molecular complexity index is 1240. The molecule has 3 aromatic rings. The fraction of sp³-hybridized carbons (Fsp3) is 0.464. The monoisotopic (exact) mass is 461 g/mol. The number of amides is 1. The predicted octanol–water partition coefficient (Wildman–Crippen LogP) is 5.81. The number of aromatic amines is 1. The van der Waals surface area contributed by atoms with E-state index in [1.54, 1.807) is 0 Å². The number of likely N-dealkylation sites (tertiary alicyclic amines) is 1. The van der Waals surface area contributed by atoms with Crippen LogP contribution in [0.4, 0.5) is 5.69 Å². The number of hydrogen-bond donors (Lipinski definition) is 1. The van der Waals surface area contributed by atoms with E-state index in [-0.39, 0.29) is 5.41 Å². The number of benzene rings is 2. The Morgan fingerprint density at radius 1 is 1.12 bits per heavy atom. The third-order valence-corrected chi connectivity index (χ3v) is 8.40. The molecule has 0 spiro atoms. The quantitative estimate of drug-likeness (QED) is 0.532. The number of rotatable bonds is 4. The highest BCUT2D eigenvalue weighted by molar-refractivity contribution is 6.31. The molecule has 0 radical (unpaired) electrons. The van der Waals surface area contributed by atoms with Gasteiger partial charge in [-0.2, -0.15) is 0 Å². The first-order valence-corrected chi connectivity index (χ1v) is 12.7. The molecule has 3 aliphatic rings. The number of nitrogens with one attached hydrogen (secondary N) is 1. The van der Waals surface area contributed by atoms with E-state index in [1.165, 1.54) is 46.2 Å². The second-order valence-corrected chi connectivity index (χ2v) is 11.2. The summed E-state index contributed by atoms with van der Waals surface area (Å²) >= 11 is 6.16. The Balaban J connectivity index is 1.12. The zero-order chi connectivity index (χ0) is 22.7. The lowest BCUT2D eigenvalue weighted by Crippen LogP contribution is -2.40. The summed E-state index contributed by atoms with van der Waals surface area (Å²) in [5, 5.41) is 2.11. The molecular formula is C28H32ClN3O. The van der Waals surface area contributed by atoms with Crippen LogP contribution in [0, 0.1) is 0 Å². The number of carbonyl (C=O) groups is 1. The van der Waals surface area contributed by atoms with Gasteiger partial charge in [-0.3, -0.25) is 4.79 Å². The molecular weight excluding hydrogens is 430 g/mol. The number of nitrogens with zero attached hydrogens (tertiary/aromatic N) is 2. The molecule has 1 N–H and O–H groups in total. The van der Waals surface area contributed by atoms with Gasteiger partial charge in [0.2, 0.25) is 5.91 Å². The fourth-order valence-electron chi connectivity index (χ4n) is 6.31. The molecule has 0 saturated carbocycles. The van der Waals surface area contributed by atoms with Crippen molar-refractivity contribution < 1.29 is 4.79 Å². The van der Waals surface area contributed by atoms with Gasteiger partial charge in [0.05, 0.1) is 5.69 Å². The van der Waals surface area contributed by atoms with E-state index >= 15 is 0 Å². The summed E-state index contributed by atoms with van der Waals surface area (Å²) in [6.45, 7) is 8.71. The number of anilines is 1. The largest absolute Gasteiger partial charge is 0.361 e. The molecule has 33 heavy (non-hydrogen) atoms. The van der Waals surface area contributed by atoms with Crippen LogP contribution in [-0.2, 0) is 23.1 Å². The van der Waals surface area contributed by atoms with Gasteiger partial charge in [0.25, 0.3) is 0 Å². The number of piperidine rings is 1. The van der Waals surface area contributed by atoms with E-state index < -0.39 is 0 Å². The van der Waals surface area contributed by atoms with E-state index in [0.29, 0.717) is 18.2 Å². The van der Waals surface area contributed by atoms with E-state index in [0.717, 1.165) is 49.6 Å². The molecule has 5 heteroatoms. The van der Waals surface area contributed by atoms with Crippen molar-refractivity contribution in [1.29, 1.82) is 0 Å². The first-order chi connectivity index (χ1) is 15.9. The van der Waals surface area contributed by atoms with Gasteiger partial charge in [-0.05, 0) is 79.1 Å². The van der Waals surface area contributed by atoms with Crippen LogP contribution < -0.4 is 4.90 Å². The molecule has 0 bridgehead atoms. The SMILES string of the molecule is CC1(C)CC(=O)N2CCc3cc(CCN4CCC(c5c[nH]c6cc(Cl)ccc56)CC4)cc1c32. The van der Waals surface area contributed by atoms with Crippen LogP contribution in [0.15, 0.2) is 36.5 Å². The Morgan fingerprint density at radius 2 is 1.94 bits per heavy atom. The molecule has 1 amide bonds. The predicted molar refractivity (Wildman–Crippen MR) is 136 cm³/mol. The number of carbonyl (C=O) groups excluding carboxylic acids is 1. The smallest absolute Gasteiger partial charge is 0.227 e. The standard InChI is InChI=1S/C28H32ClN3O/c1-28(2)16-26(33)32-12-8-20-13-18(14-24(28)27(20)32)5-9-31-10-6-19(7-11-31)23-17-30-25-15-21(29)3-4-22(23)25/h3-4,13-15,17,19,30H,5-12,16H2,1-2H3. The molecule has 6 rings (SSSR count). The van der Waals surface area contributed by atoms with Crippen LogP contribution in [0.1, 0.15) is 61.3 Å². The van der Waals surface area contributed by atoms with Crippen LogP contribution in [0.2, 0.25) is 5.02 Å². The van der Waals surface area contributed by atoms with Gasteiger partial charge in [-0.25, -0.2) is 0 Å². The Morgan fingerprint density at radius 3 is 2.76 bits per heavy atom. The zero-order valence-electron chi connectivity index (χ0n) is 19.6. The first-order valence-electron chi connectivity index (χ1n) is 12.3. The highest BCUT2D eigenvalue weighted by Gasteiger charge is 2.40. The van der Waals surface area contributed by atoms with Crippen LogP contribution in [0.3, 0.4) is 0 Å². The van der Waals surface area contributed by atoms with Crippen molar-refractivity contribution in [2.24, 2.45) is 0 Å². The summed E-state index contributed by atoms with van der Waals surface area (Å²) in [5.74, 6) is 0.908. The van der Waals surface area contributed by atoms with Gasteiger partial charge in [0, 0.05) is 47.0 Å². The Labute approximate surface area is 200 Å². The Kier molecular flexibility index (Phi) is 5.08.